The number of hydrogen-bond acceptors (Lipinski definition) is 4. The maximum atomic E-state index is 12.6. The highest BCUT2D eigenvalue weighted by Gasteiger charge is 2.11. The van der Waals surface area contributed by atoms with E-state index >= 15 is 0 Å². The van der Waals surface area contributed by atoms with Gasteiger partial charge in [-0.25, -0.2) is 0 Å². The van der Waals surface area contributed by atoms with Crippen LogP contribution in [0.4, 0.5) is 5.69 Å². The van der Waals surface area contributed by atoms with E-state index < -0.39 is 5.91 Å². The van der Waals surface area contributed by atoms with Crippen molar-refractivity contribution in [3.05, 3.63) is 94.0 Å². The third kappa shape index (κ3) is 7.13. The molecule has 0 aliphatic carbocycles. The van der Waals surface area contributed by atoms with E-state index in [1.54, 1.807) is 42.5 Å². The molecule has 0 spiro atoms. The Bertz CT molecular complexity index is 1160. The number of halogens is 1. The largest absolute Gasteiger partial charge is 0.492 e. The van der Waals surface area contributed by atoms with Gasteiger partial charge in [-0.15, -0.1) is 0 Å². The number of carbonyl (C=O) groups is 1. The number of ether oxygens (including phenoxy) is 2. The molecule has 0 atom stereocenters. The Morgan fingerprint density at radius 3 is 2.42 bits per heavy atom. The van der Waals surface area contributed by atoms with E-state index in [0.29, 0.717) is 41.0 Å². The molecule has 0 saturated carbocycles. The molecule has 168 valence electrons. The first-order valence-corrected chi connectivity index (χ1v) is 11.0. The van der Waals surface area contributed by atoms with Crippen LogP contribution in [0.2, 0.25) is 5.02 Å². The molecule has 3 aromatic carbocycles. The number of aryl methyl sites for hydroxylation is 1. The van der Waals surface area contributed by atoms with Gasteiger partial charge in [0.25, 0.3) is 5.91 Å². The van der Waals surface area contributed by atoms with Gasteiger partial charge in [0.1, 0.15) is 29.7 Å². The summed E-state index contributed by atoms with van der Waals surface area (Å²) in [6, 6.07) is 22.2. The molecule has 0 saturated heterocycles. The number of anilines is 1. The maximum absolute atomic E-state index is 12.6. The molecule has 3 aromatic rings. The van der Waals surface area contributed by atoms with E-state index in [1.807, 2.05) is 44.2 Å². The number of carbonyl (C=O) groups excluding carboxylic acids is 1. The lowest BCUT2D eigenvalue weighted by atomic mass is 10.1. The van der Waals surface area contributed by atoms with Crippen molar-refractivity contribution >= 4 is 29.3 Å². The zero-order valence-corrected chi connectivity index (χ0v) is 19.4. The molecule has 0 radical (unpaired) electrons. The summed E-state index contributed by atoms with van der Waals surface area (Å²) in [7, 11) is 0. The van der Waals surface area contributed by atoms with E-state index in [2.05, 4.69) is 5.32 Å². The van der Waals surface area contributed by atoms with Crippen LogP contribution in [0, 0.1) is 18.3 Å². The van der Waals surface area contributed by atoms with Crippen molar-refractivity contribution in [2.75, 3.05) is 11.9 Å². The molecule has 5 nitrogen and oxygen atoms in total. The number of hydrogen-bond donors (Lipinski definition) is 1. The summed E-state index contributed by atoms with van der Waals surface area (Å²) in [5.74, 6) is 0.751. The fourth-order valence-electron chi connectivity index (χ4n) is 2.94. The lowest BCUT2D eigenvalue weighted by Gasteiger charge is -2.09. The molecule has 0 aliphatic heterocycles. The Morgan fingerprint density at radius 1 is 1.06 bits per heavy atom. The summed E-state index contributed by atoms with van der Waals surface area (Å²) in [5.41, 5.74) is 3.44. The average molecular weight is 461 g/mol. The highest BCUT2D eigenvalue weighted by Crippen LogP contribution is 2.27. The fraction of sp³-hybridized carbons (Fsp3) is 0.185. The number of rotatable bonds is 9. The number of nitrogens with zero attached hydrogens (tertiary/aromatic N) is 1. The van der Waals surface area contributed by atoms with Crippen LogP contribution in [0.1, 0.15) is 30.0 Å². The molecule has 6 heteroatoms. The van der Waals surface area contributed by atoms with Crippen LogP contribution in [-0.2, 0) is 11.4 Å². The summed E-state index contributed by atoms with van der Waals surface area (Å²) in [6.45, 7) is 5.07. The Balaban J connectivity index is 1.61. The van der Waals surface area contributed by atoms with Crippen LogP contribution in [0.3, 0.4) is 0 Å². The second-order valence-electron chi connectivity index (χ2n) is 7.46. The standard InChI is InChI=1S/C27H25ClN2O3/c1-3-14-32-26-13-8-21(16-25(26)28)15-22(17-29)27(31)30-23-9-11-24(12-10-23)33-18-20-6-4-19(2)5-7-20/h4-13,15-16H,3,14,18H2,1-2H3,(H,30,31)/b22-15+. The lowest BCUT2D eigenvalue weighted by Crippen LogP contribution is -2.13. The van der Waals surface area contributed by atoms with Crippen LogP contribution in [-0.4, -0.2) is 12.5 Å². The Labute approximate surface area is 199 Å². The minimum Gasteiger partial charge on any atom is -0.492 e. The molecule has 0 heterocycles. The molecule has 0 bridgehead atoms. The van der Waals surface area contributed by atoms with Gasteiger partial charge in [-0.2, -0.15) is 5.26 Å². The zero-order chi connectivity index (χ0) is 23.6. The van der Waals surface area contributed by atoms with E-state index in [1.165, 1.54) is 11.6 Å². The third-order valence-electron chi connectivity index (χ3n) is 4.73. The van der Waals surface area contributed by atoms with Crippen LogP contribution in [0.25, 0.3) is 6.08 Å². The van der Waals surface area contributed by atoms with Crippen molar-refractivity contribution in [3.8, 4) is 17.6 Å². The van der Waals surface area contributed by atoms with Crippen molar-refractivity contribution in [1.82, 2.24) is 0 Å². The van der Waals surface area contributed by atoms with Crippen molar-refractivity contribution in [2.24, 2.45) is 0 Å². The van der Waals surface area contributed by atoms with Crippen molar-refractivity contribution < 1.29 is 14.3 Å². The normalized spacial score (nSPS) is 10.9. The van der Waals surface area contributed by atoms with Crippen molar-refractivity contribution in [1.29, 1.82) is 5.26 Å². The summed E-state index contributed by atoms with van der Waals surface area (Å²) in [6.07, 6.45) is 2.36. The van der Waals surface area contributed by atoms with Gasteiger partial charge in [-0.1, -0.05) is 54.4 Å². The highest BCUT2D eigenvalue weighted by molar-refractivity contribution is 6.32. The number of nitrogens with one attached hydrogen (secondary N) is 1. The van der Waals surface area contributed by atoms with Crippen molar-refractivity contribution in [2.45, 2.75) is 26.9 Å². The molecule has 0 fully saturated rings. The van der Waals surface area contributed by atoms with Gasteiger partial charge < -0.3 is 14.8 Å². The van der Waals surface area contributed by atoms with Crippen LogP contribution in [0.5, 0.6) is 11.5 Å². The second-order valence-corrected chi connectivity index (χ2v) is 7.87. The van der Waals surface area contributed by atoms with E-state index in [4.69, 9.17) is 21.1 Å². The zero-order valence-electron chi connectivity index (χ0n) is 18.6. The van der Waals surface area contributed by atoms with Crippen LogP contribution < -0.4 is 14.8 Å². The summed E-state index contributed by atoms with van der Waals surface area (Å²) in [5, 5.41) is 12.6. The SMILES string of the molecule is CCCOc1ccc(/C=C(\C#N)C(=O)Nc2ccc(OCc3ccc(C)cc3)cc2)cc1Cl. The molecule has 3 rings (SSSR count). The number of amides is 1. The molecule has 0 aliphatic rings. The average Bonchev–Trinajstić information content (AvgIpc) is 2.82. The fourth-order valence-corrected chi connectivity index (χ4v) is 3.18. The van der Waals surface area contributed by atoms with Crippen LogP contribution >= 0.6 is 11.6 Å². The van der Waals surface area contributed by atoms with Gasteiger partial charge in [-0.05, 0) is 66.9 Å². The van der Waals surface area contributed by atoms with Gasteiger partial charge in [0, 0.05) is 5.69 Å². The number of nitriles is 1. The molecule has 1 amide bonds. The Morgan fingerprint density at radius 2 is 1.79 bits per heavy atom. The van der Waals surface area contributed by atoms with Gasteiger partial charge in [0.2, 0.25) is 0 Å². The first kappa shape index (κ1) is 23.9. The number of benzene rings is 3. The van der Waals surface area contributed by atoms with Gasteiger partial charge >= 0.3 is 0 Å². The van der Waals surface area contributed by atoms with Crippen LogP contribution in [0.15, 0.2) is 72.3 Å². The lowest BCUT2D eigenvalue weighted by molar-refractivity contribution is -0.112. The molecular formula is C27H25ClN2O3. The predicted octanol–water partition coefficient (Wildman–Crippen LogP) is 6.56. The summed E-state index contributed by atoms with van der Waals surface area (Å²) < 4.78 is 11.3. The molecule has 1 N–H and O–H groups in total. The highest BCUT2D eigenvalue weighted by atomic mass is 35.5. The Hall–Kier alpha value is -3.75. The van der Waals surface area contributed by atoms with Crippen molar-refractivity contribution in [3.63, 3.8) is 0 Å². The first-order valence-electron chi connectivity index (χ1n) is 10.6. The molecule has 0 aromatic heterocycles. The van der Waals surface area contributed by atoms with Gasteiger partial charge in [0.15, 0.2) is 0 Å². The van der Waals surface area contributed by atoms with E-state index in [0.717, 1.165) is 12.0 Å². The summed E-state index contributed by atoms with van der Waals surface area (Å²) in [4.78, 5) is 12.6. The first-order chi connectivity index (χ1) is 16.0. The van der Waals surface area contributed by atoms with E-state index in [9.17, 15) is 10.1 Å². The quantitative estimate of drug-likeness (QED) is 0.290. The summed E-state index contributed by atoms with van der Waals surface area (Å²) >= 11 is 6.24. The van der Waals surface area contributed by atoms with Gasteiger partial charge in [-0.3, -0.25) is 4.79 Å². The Kier molecular flexibility index (Phi) is 8.51. The van der Waals surface area contributed by atoms with E-state index in [-0.39, 0.29) is 5.57 Å². The minimum absolute atomic E-state index is 0.0343. The molecular weight excluding hydrogens is 436 g/mol. The van der Waals surface area contributed by atoms with Gasteiger partial charge in [0.05, 0.1) is 11.6 Å². The smallest absolute Gasteiger partial charge is 0.266 e. The molecule has 0 unspecified atom stereocenters. The predicted molar refractivity (Wildman–Crippen MR) is 131 cm³/mol. The minimum atomic E-state index is -0.506. The molecule has 33 heavy (non-hydrogen) atoms. The topological polar surface area (TPSA) is 71.3 Å². The monoisotopic (exact) mass is 460 g/mol. The second kappa shape index (κ2) is 11.8. The maximum Gasteiger partial charge on any atom is 0.266 e. The third-order valence-corrected chi connectivity index (χ3v) is 5.03.